The summed E-state index contributed by atoms with van der Waals surface area (Å²) < 4.78 is 0. The number of hydrogen-bond donors (Lipinski definition) is 1. The van der Waals surface area contributed by atoms with Crippen LogP contribution in [0.4, 0.5) is 0 Å². The SMILES string of the molecule is C=C(C)/C=C(/N)N=CC. The van der Waals surface area contributed by atoms with Crippen LogP contribution in [0.5, 0.6) is 0 Å². The molecule has 0 atom stereocenters. The lowest BCUT2D eigenvalue weighted by molar-refractivity contribution is 1.23. The molecule has 0 bridgehead atoms. The van der Waals surface area contributed by atoms with E-state index in [-0.39, 0.29) is 0 Å². The van der Waals surface area contributed by atoms with Gasteiger partial charge < -0.3 is 5.73 Å². The van der Waals surface area contributed by atoms with Crippen LogP contribution in [0, 0.1) is 0 Å². The Morgan fingerprint density at radius 1 is 1.67 bits per heavy atom. The van der Waals surface area contributed by atoms with Crippen molar-refractivity contribution in [1.82, 2.24) is 0 Å². The summed E-state index contributed by atoms with van der Waals surface area (Å²) in [7, 11) is 0. The average molecular weight is 124 g/mol. The highest BCUT2D eigenvalue weighted by Crippen LogP contribution is 1.93. The van der Waals surface area contributed by atoms with Crippen LogP contribution in [0.15, 0.2) is 29.0 Å². The Hall–Kier alpha value is -1.05. The van der Waals surface area contributed by atoms with Gasteiger partial charge in [-0.05, 0) is 19.9 Å². The van der Waals surface area contributed by atoms with Crippen LogP contribution in [0.25, 0.3) is 0 Å². The predicted octanol–water partition coefficient (Wildman–Crippen LogP) is 1.45. The quantitative estimate of drug-likeness (QED) is 0.439. The van der Waals surface area contributed by atoms with E-state index in [0.717, 1.165) is 5.57 Å². The highest BCUT2D eigenvalue weighted by molar-refractivity contribution is 5.55. The van der Waals surface area contributed by atoms with Crippen molar-refractivity contribution in [3.63, 3.8) is 0 Å². The Morgan fingerprint density at radius 2 is 2.22 bits per heavy atom. The Bertz CT molecular complexity index is 154. The van der Waals surface area contributed by atoms with Gasteiger partial charge >= 0.3 is 0 Å². The van der Waals surface area contributed by atoms with Crippen LogP contribution in [-0.2, 0) is 0 Å². The zero-order valence-electron chi connectivity index (χ0n) is 5.89. The molecule has 0 aromatic heterocycles. The maximum atomic E-state index is 5.39. The second-order valence-electron chi connectivity index (χ2n) is 1.80. The summed E-state index contributed by atoms with van der Waals surface area (Å²) in [5.41, 5.74) is 6.30. The van der Waals surface area contributed by atoms with Crippen LogP contribution < -0.4 is 5.73 Å². The topological polar surface area (TPSA) is 38.4 Å². The average Bonchev–Trinajstić information content (AvgIpc) is 1.63. The largest absolute Gasteiger partial charge is 0.384 e. The Balaban J connectivity index is 4.00. The summed E-state index contributed by atoms with van der Waals surface area (Å²) >= 11 is 0. The molecular formula is C7H12N2. The minimum Gasteiger partial charge on any atom is -0.384 e. The highest BCUT2D eigenvalue weighted by atomic mass is 14.9. The third-order valence-corrected chi connectivity index (χ3v) is 0.672. The van der Waals surface area contributed by atoms with Gasteiger partial charge in [0.05, 0.1) is 0 Å². The third kappa shape index (κ3) is 4.81. The van der Waals surface area contributed by atoms with Crippen molar-refractivity contribution in [1.29, 1.82) is 0 Å². The van der Waals surface area contributed by atoms with Gasteiger partial charge in [0.1, 0.15) is 5.82 Å². The molecule has 0 aromatic rings. The van der Waals surface area contributed by atoms with Crippen LogP contribution in [0.1, 0.15) is 13.8 Å². The number of nitrogens with zero attached hydrogens (tertiary/aromatic N) is 1. The fourth-order valence-electron chi connectivity index (χ4n) is 0.439. The van der Waals surface area contributed by atoms with Gasteiger partial charge in [-0.25, -0.2) is 4.99 Å². The first kappa shape index (κ1) is 7.95. The van der Waals surface area contributed by atoms with Gasteiger partial charge in [-0.2, -0.15) is 0 Å². The molecule has 0 rings (SSSR count). The van der Waals surface area contributed by atoms with E-state index < -0.39 is 0 Å². The fraction of sp³-hybridized carbons (Fsp3) is 0.286. The first-order valence-corrected chi connectivity index (χ1v) is 2.78. The van der Waals surface area contributed by atoms with Crippen molar-refractivity contribution in [2.24, 2.45) is 10.7 Å². The first-order chi connectivity index (χ1) is 4.16. The molecule has 0 amide bonds. The monoisotopic (exact) mass is 124 g/mol. The van der Waals surface area contributed by atoms with Gasteiger partial charge in [0, 0.05) is 6.21 Å². The summed E-state index contributed by atoms with van der Waals surface area (Å²) in [5.74, 6) is 0.505. The summed E-state index contributed by atoms with van der Waals surface area (Å²) in [6.45, 7) is 7.34. The molecule has 50 valence electrons. The van der Waals surface area contributed by atoms with E-state index in [9.17, 15) is 0 Å². The number of allylic oxidation sites excluding steroid dienone is 2. The molecule has 2 N–H and O–H groups in total. The van der Waals surface area contributed by atoms with Gasteiger partial charge in [0.25, 0.3) is 0 Å². The van der Waals surface area contributed by atoms with Crippen LogP contribution in [-0.4, -0.2) is 6.21 Å². The van der Waals surface area contributed by atoms with Crippen LogP contribution >= 0.6 is 0 Å². The minimum atomic E-state index is 0.505. The molecule has 0 aliphatic carbocycles. The van der Waals surface area contributed by atoms with E-state index in [1.54, 1.807) is 12.3 Å². The molecule has 0 saturated heterocycles. The molecular weight excluding hydrogens is 112 g/mol. The van der Waals surface area contributed by atoms with Gasteiger partial charge in [0.2, 0.25) is 0 Å². The maximum absolute atomic E-state index is 5.39. The van der Waals surface area contributed by atoms with E-state index >= 15 is 0 Å². The number of hydrogen-bond acceptors (Lipinski definition) is 2. The van der Waals surface area contributed by atoms with Crippen molar-refractivity contribution < 1.29 is 0 Å². The molecule has 0 unspecified atom stereocenters. The lowest BCUT2D eigenvalue weighted by Gasteiger charge is -1.89. The molecule has 2 heteroatoms. The highest BCUT2D eigenvalue weighted by Gasteiger charge is 1.79. The summed E-state index contributed by atoms with van der Waals surface area (Å²) in [6.07, 6.45) is 3.37. The maximum Gasteiger partial charge on any atom is 0.123 e. The number of aliphatic imine (C=N–C) groups is 1. The smallest absolute Gasteiger partial charge is 0.123 e. The van der Waals surface area contributed by atoms with E-state index in [1.165, 1.54) is 0 Å². The molecule has 0 radical (unpaired) electrons. The predicted molar refractivity (Wildman–Crippen MR) is 41.3 cm³/mol. The van der Waals surface area contributed by atoms with Crippen LogP contribution in [0.3, 0.4) is 0 Å². The Morgan fingerprint density at radius 3 is 2.56 bits per heavy atom. The standard InChI is InChI=1S/C7H12N2/c1-4-9-7(8)5-6(2)3/h4-5H,2,8H2,1,3H3/b7-5-,9-4?. The fourth-order valence-corrected chi connectivity index (χ4v) is 0.439. The van der Waals surface area contributed by atoms with Crippen molar-refractivity contribution in [3.8, 4) is 0 Å². The normalized spacial score (nSPS) is 12.4. The van der Waals surface area contributed by atoms with Crippen molar-refractivity contribution in [2.75, 3.05) is 0 Å². The lowest BCUT2D eigenvalue weighted by atomic mass is 10.3. The molecule has 9 heavy (non-hydrogen) atoms. The van der Waals surface area contributed by atoms with E-state index in [1.807, 2.05) is 13.8 Å². The molecule has 0 aliphatic heterocycles. The van der Waals surface area contributed by atoms with E-state index in [4.69, 9.17) is 5.73 Å². The molecule has 0 heterocycles. The molecule has 2 nitrogen and oxygen atoms in total. The zero-order valence-corrected chi connectivity index (χ0v) is 5.89. The van der Waals surface area contributed by atoms with Gasteiger partial charge in [-0.15, -0.1) is 0 Å². The van der Waals surface area contributed by atoms with Gasteiger partial charge in [-0.3, -0.25) is 0 Å². The van der Waals surface area contributed by atoms with Crippen molar-refractivity contribution in [3.05, 3.63) is 24.0 Å². The lowest BCUT2D eigenvalue weighted by Crippen LogP contribution is -1.92. The summed E-state index contributed by atoms with van der Waals surface area (Å²) in [6, 6.07) is 0. The summed E-state index contributed by atoms with van der Waals surface area (Å²) in [4.78, 5) is 3.82. The molecule has 0 aliphatic rings. The second-order valence-corrected chi connectivity index (χ2v) is 1.80. The van der Waals surface area contributed by atoms with E-state index in [0.29, 0.717) is 5.82 Å². The molecule has 0 saturated carbocycles. The van der Waals surface area contributed by atoms with Crippen molar-refractivity contribution >= 4 is 6.21 Å². The first-order valence-electron chi connectivity index (χ1n) is 2.78. The Labute approximate surface area is 55.8 Å². The number of rotatable bonds is 2. The van der Waals surface area contributed by atoms with Crippen molar-refractivity contribution in [2.45, 2.75) is 13.8 Å². The third-order valence-electron chi connectivity index (χ3n) is 0.672. The molecule has 0 fully saturated rings. The van der Waals surface area contributed by atoms with Gasteiger partial charge in [-0.1, -0.05) is 12.2 Å². The Kier molecular flexibility index (Phi) is 3.44. The number of nitrogens with two attached hydrogens (primary N) is 1. The molecule has 0 spiro atoms. The van der Waals surface area contributed by atoms with Gasteiger partial charge in [0.15, 0.2) is 0 Å². The summed E-state index contributed by atoms with van der Waals surface area (Å²) in [5, 5.41) is 0. The second kappa shape index (κ2) is 3.89. The molecule has 0 aromatic carbocycles. The van der Waals surface area contributed by atoms with E-state index in [2.05, 4.69) is 11.6 Å². The minimum absolute atomic E-state index is 0.505. The van der Waals surface area contributed by atoms with Crippen LogP contribution in [0.2, 0.25) is 0 Å². The zero-order chi connectivity index (χ0) is 7.28.